The molecular weight excluding hydrogens is 525 g/mol. The fourth-order valence-electron chi connectivity index (χ4n) is 3.59. The molecule has 2 heterocycles. The van der Waals surface area contributed by atoms with E-state index in [-0.39, 0.29) is 41.8 Å². The first-order valence-corrected chi connectivity index (χ1v) is 12.4. The van der Waals surface area contributed by atoms with Gasteiger partial charge in [0.15, 0.2) is 11.1 Å². The molecule has 8 nitrogen and oxygen atoms in total. The summed E-state index contributed by atoms with van der Waals surface area (Å²) in [4.78, 5) is 18.9. The lowest BCUT2D eigenvalue weighted by Crippen LogP contribution is -2.45. The maximum atomic E-state index is 12.2. The Morgan fingerprint density at radius 3 is 2.65 bits per heavy atom. The lowest BCUT2D eigenvalue weighted by molar-refractivity contribution is -0.133. The third kappa shape index (κ3) is 8.78. The molecule has 1 atom stereocenters. The van der Waals surface area contributed by atoms with E-state index in [0.29, 0.717) is 5.92 Å². The summed E-state index contributed by atoms with van der Waals surface area (Å²) in [6.45, 7) is 14.5. The average molecular weight is 566 g/mol. The van der Waals surface area contributed by atoms with Crippen LogP contribution < -0.4 is 10.6 Å². The number of guanidine groups is 1. The van der Waals surface area contributed by atoms with Gasteiger partial charge in [-0.15, -0.1) is 34.2 Å². The maximum absolute atomic E-state index is 12.2. The predicted octanol–water partition coefficient (Wildman–Crippen LogP) is 3.02. The molecule has 0 spiro atoms. The Morgan fingerprint density at radius 1 is 1.29 bits per heavy atom. The quantitative estimate of drug-likeness (QED) is 0.149. The molecule has 1 fully saturated rings. The molecule has 1 saturated heterocycles. The minimum atomic E-state index is 0. The van der Waals surface area contributed by atoms with Gasteiger partial charge in [0.25, 0.3) is 0 Å². The van der Waals surface area contributed by atoms with Gasteiger partial charge in [0, 0.05) is 51.1 Å². The number of thioether (sulfide) groups is 1. The van der Waals surface area contributed by atoms with E-state index in [1.165, 1.54) is 0 Å². The summed E-state index contributed by atoms with van der Waals surface area (Å²) in [7, 11) is 0. The minimum Gasteiger partial charge on any atom is -0.357 e. The third-order valence-electron chi connectivity index (χ3n) is 5.03. The zero-order valence-corrected chi connectivity index (χ0v) is 23.0. The van der Waals surface area contributed by atoms with Crippen LogP contribution in [-0.4, -0.2) is 70.0 Å². The Bertz CT molecular complexity index is 708. The van der Waals surface area contributed by atoms with Crippen molar-refractivity contribution in [3.05, 3.63) is 5.82 Å². The second-order valence-electron chi connectivity index (χ2n) is 8.54. The van der Waals surface area contributed by atoms with Crippen molar-refractivity contribution < 1.29 is 4.79 Å². The van der Waals surface area contributed by atoms with Crippen molar-refractivity contribution in [3.8, 4) is 0 Å². The minimum absolute atomic E-state index is 0. The first kappa shape index (κ1) is 28.0. The van der Waals surface area contributed by atoms with Gasteiger partial charge in [-0.25, -0.2) is 0 Å². The van der Waals surface area contributed by atoms with Crippen LogP contribution in [0.4, 0.5) is 0 Å². The van der Waals surface area contributed by atoms with Crippen LogP contribution in [-0.2, 0) is 17.8 Å². The summed E-state index contributed by atoms with van der Waals surface area (Å²) < 4.78 is 2.24. The van der Waals surface area contributed by atoms with Crippen molar-refractivity contribution in [2.45, 2.75) is 71.6 Å². The van der Waals surface area contributed by atoms with Crippen LogP contribution in [0.25, 0.3) is 0 Å². The number of nitrogens with one attached hydrogen (secondary N) is 2. The first-order chi connectivity index (χ1) is 14.3. The number of aliphatic imine (C=N–C) groups is 1. The van der Waals surface area contributed by atoms with Crippen LogP contribution in [0, 0.1) is 11.8 Å². The number of amides is 1. The van der Waals surface area contributed by atoms with Crippen LogP contribution >= 0.6 is 35.7 Å². The fourth-order valence-corrected chi connectivity index (χ4v) is 4.11. The number of nitrogens with zero attached hydrogens (tertiary/aromatic N) is 5. The molecule has 0 saturated carbocycles. The van der Waals surface area contributed by atoms with Gasteiger partial charge in [0.2, 0.25) is 5.91 Å². The summed E-state index contributed by atoms with van der Waals surface area (Å²) in [6.07, 6.45) is 4.79. The maximum Gasteiger partial charge on any atom is 0.225 e. The van der Waals surface area contributed by atoms with Gasteiger partial charge in [-0.2, -0.15) is 0 Å². The molecule has 1 aliphatic rings. The largest absolute Gasteiger partial charge is 0.357 e. The summed E-state index contributed by atoms with van der Waals surface area (Å²) in [6, 6.07) is 0.253. The van der Waals surface area contributed by atoms with Gasteiger partial charge < -0.3 is 20.1 Å². The first-order valence-electron chi connectivity index (χ1n) is 11.1. The molecule has 0 radical (unpaired) electrons. The molecule has 0 aromatic carbocycles. The molecule has 0 aliphatic carbocycles. The van der Waals surface area contributed by atoms with Gasteiger partial charge in [-0.05, 0) is 31.9 Å². The van der Waals surface area contributed by atoms with Crippen LogP contribution in [0.3, 0.4) is 0 Å². The van der Waals surface area contributed by atoms with Crippen molar-refractivity contribution in [1.82, 2.24) is 30.3 Å². The smallest absolute Gasteiger partial charge is 0.225 e. The number of aryl methyl sites for hydroxylation is 1. The highest BCUT2D eigenvalue weighted by Gasteiger charge is 2.27. The van der Waals surface area contributed by atoms with Crippen molar-refractivity contribution in [2.24, 2.45) is 16.8 Å². The van der Waals surface area contributed by atoms with E-state index in [0.717, 1.165) is 68.9 Å². The fraction of sp³-hybridized carbons (Fsp3) is 0.810. The zero-order chi connectivity index (χ0) is 22.1. The lowest BCUT2D eigenvalue weighted by atomic mass is 10.2. The predicted molar refractivity (Wildman–Crippen MR) is 139 cm³/mol. The number of carbonyl (C=O) groups is 1. The van der Waals surface area contributed by atoms with Crippen LogP contribution in [0.5, 0.6) is 0 Å². The molecule has 1 unspecified atom stereocenters. The number of carbonyl (C=O) groups excluding carboxylic acids is 1. The highest BCUT2D eigenvalue weighted by atomic mass is 127. The van der Waals surface area contributed by atoms with Crippen LogP contribution in [0.1, 0.15) is 53.3 Å². The summed E-state index contributed by atoms with van der Waals surface area (Å²) in [5.41, 5.74) is 0. The van der Waals surface area contributed by atoms with Crippen molar-refractivity contribution in [3.63, 3.8) is 0 Å². The standard InChI is InChI=1S/C21H39N7OS.HI/c1-7-22-20(24-17-10-12-27(14-17)19(29)16(4)5)23-11-8-9-18-25-26-21(30-6)28(18)13-15(2)3;/h15-17H,7-14H2,1-6H3,(H2,22,23,24);1H. The Balaban J connectivity index is 0.00000480. The average Bonchev–Trinajstić information content (AvgIpc) is 3.31. The zero-order valence-electron chi connectivity index (χ0n) is 19.8. The van der Waals surface area contributed by atoms with E-state index in [1.54, 1.807) is 11.8 Å². The number of hydrogen-bond donors (Lipinski definition) is 2. The third-order valence-corrected chi connectivity index (χ3v) is 5.70. The number of hydrogen-bond acceptors (Lipinski definition) is 5. The Kier molecular flexibility index (Phi) is 12.8. The van der Waals surface area contributed by atoms with Gasteiger partial charge in [-0.1, -0.05) is 39.5 Å². The van der Waals surface area contributed by atoms with E-state index in [2.05, 4.69) is 46.2 Å². The monoisotopic (exact) mass is 565 g/mol. The van der Waals surface area contributed by atoms with Crippen LogP contribution in [0.15, 0.2) is 10.1 Å². The van der Waals surface area contributed by atoms with E-state index < -0.39 is 0 Å². The molecule has 1 amide bonds. The highest BCUT2D eigenvalue weighted by Crippen LogP contribution is 2.17. The number of halogens is 1. The Labute approximate surface area is 208 Å². The van der Waals surface area contributed by atoms with Gasteiger partial charge in [0.1, 0.15) is 5.82 Å². The normalized spacial score (nSPS) is 16.7. The topological polar surface area (TPSA) is 87.4 Å². The molecular formula is C21H40IN7OS. The molecule has 2 N–H and O–H groups in total. The van der Waals surface area contributed by atoms with E-state index in [1.807, 2.05) is 25.0 Å². The molecule has 1 aromatic heterocycles. The summed E-state index contributed by atoms with van der Waals surface area (Å²) in [5.74, 6) is 2.71. The summed E-state index contributed by atoms with van der Waals surface area (Å²) in [5, 5.41) is 16.5. The van der Waals surface area contributed by atoms with E-state index >= 15 is 0 Å². The molecule has 0 bridgehead atoms. The Hall–Kier alpha value is -1.04. The highest BCUT2D eigenvalue weighted by molar-refractivity contribution is 14.0. The molecule has 2 rings (SSSR count). The van der Waals surface area contributed by atoms with Crippen molar-refractivity contribution >= 4 is 47.6 Å². The van der Waals surface area contributed by atoms with Gasteiger partial charge in [-0.3, -0.25) is 9.79 Å². The van der Waals surface area contributed by atoms with Crippen LogP contribution in [0.2, 0.25) is 0 Å². The second-order valence-corrected chi connectivity index (χ2v) is 9.31. The summed E-state index contributed by atoms with van der Waals surface area (Å²) >= 11 is 1.64. The Morgan fingerprint density at radius 2 is 2.03 bits per heavy atom. The van der Waals surface area contributed by atoms with Crippen molar-refractivity contribution in [1.29, 1.82) is 0 Å². The SMILES string of the molecule is CCNC(=NCCCc1nnc(SC)n1CC(C)C)NC1CCN(C(=O)C(C)C)C1.I. The van der Waals surface area contributed by atoms with Crippen molar-refractivity contribution in [2.75, 3.05) is 32.4 Å². The second kappa shape index (κ2) is 14.2. The van der Waals surface area contributed by atoms with E-state index in [9.17, 15) is 4.79 Å². The molecule has 31 heavy (non-hydrogen) atoms. The molecule has 10 heteroatoms. The number of rotatable bonds is 10. The molecule has 1 aromatic rings. The van der Waals surface area contributed by atoms with E-state index in [4.69, 9.17) is 4.99 Å². The van der Waals surface area contributed by atoms with Gasteiger partial charge >= 0.3 is 0 Å². The number of likely N-dealkylation sites (tertiary alicyclic amines) is 1. The van der Waals surface area contributed by atoms with Gasteiger partial charge in [0.05, 0.1) is 0 Å². The molecule has 178 valence electrons. The lowest BCUT2D eigenvalue weighted by Gasteiger charge is -2.20. The number of aromatic nitrogens is 3. The molecule has 1 aliphatic heterocycles.